The third-order valence-electron chi connectivity index (χ3n) is 9.68. The molecule has 18 nitrogen and oxygen atoms in total. The second kappa shape index (κ2) is 23.6. The number of carboxylic acids is 1. The maximum atomic E-state index is 12.5. The zero-order chi connectivity index (χ0) is 48.2. The molecule has 0 spiro atoms. The van der Waals surface area contributed by atoms with E-state index in [1.165, 1.54) is 22.7 Å². The number of rotatable bonds is 19. The molecule has 1 fully saturated rings. The number of thiophene rings is 2. The number of aryl methyl sites for hydroxylation is 2. The van der Waals surface area contributed by atoms with Gasteiger partial charge < -0.3 is 48.3 Å². The van der Waals surface area contributed by atoms with E-state index in [1.54, 1.807) is 45.9 Å². The zero-order valence-electron chi connectivity index (χ0n) is 38.2. The van der Waals surface area contributed by atoms with Crippen molar-refractivity contribution >= 4 is 81.5 Å². The number of H-pyrrole nitrogens is 2. The highest BCUT2D eigenvalue weighted by atomic mass is 32.1. The van der Waals surface area contributed by atoms with Crippen molar-refractivity contribution < 1.29 is 41.9 Å². The van der Waals surface area contributed by atoms with Crippen LogP contribution in [0, 0.1) is 13.8 Å². The average Bonchev–Trinajstić information content (AvgIpc) is 3.79. The standard InChI is InChI=1S/C21H27N4O5PS.C16H15N3O3S.C7H15O3P/c1-5-29-31(28,30-6-2)13-22-21(27)18-9-10-19(32-18)25(4)12-15-7-8-17-16(11-15)20(26)24-14(3)23-17;1-9-17-12-4-3-10(7-11(12)15(20)18-9)8-19(2)14-6-5-13(23-14)16(21)22;1-3-9-11(8,10-4-2)7-5-6-7/h7-11H,5-6,12-13H2,1-4H3,(H,22,27)(H,23,24,26);3-7H,8H2,1-2H3,(H,21,22)(H,17,18,20);7H,3-6H2,1-2H3. The Bertz CT molecular complexity index is 2820. The number of aromatic amines is 2. The molecule has 0 radical (unpaired) electrons. The van der Waals surface area contributed by atoms with E-state index in [-0.39, 0.29) is 42.2 Å². The number of nitrogens with one attached hydrogen (secondary N) is 3. The van der Waals surface area contributed by atoms with Crippen molar-refractivity contribution in [1.29, 1.82) is 0 Å². The number of anilines is 2. The third kappa shape index (κ3) is 14.2. The minimum absolute atomic E-state index is 0.152. The summed E-state index contributed by atoms with van der Waals surface area (Å²) in [5.74, 6) is -0.0934. The number of carboxylic acid groups (broad SMARTS) is 1. The maximum Gasteiger partial charge on any atom is 0.349 e. The SMILES string of the molecule is CCOP(=O)(CNC(=O)c1ccc(N(C)Cc2ccc3nc(C)[nH]c(=O)c3c2)s1)OCC.CCOP(=O)(OCC)C1CC1.Cc1nc2ccc(CN(C)c3ccc(C(=O)O)s3)cc2c(=O)[nH]1. The first kappa shape index (κ1) is 51.9. The van der Waals surface area contributed by atoms with Crippen LogP contribution in [0.1, 0.15) is 82.7 Å². The minimum atomic E-state index is -3.35. The van der Waals surface area contributed by atoms with Gasteiger partial charge in [0, 0.05) is 27.2 Å². The Morgan fingerprint density at radius 2 is 1.15 bits per heavy atom. The molecule has 1 aliphatic carbocycles. The molecule has 22 heteroatoms. The van der Waals surface area contributed by atoms with Crippen molar-refractivity contribution in [3.8, 4) is 0 Å². The largest absolute Gasteiger partial charge is 0.477 e. The molecule has 0 aliphatic heterocycles. The van der Waals surface area contributed by atoms with Gasteiger partial charge in [-0.25, -0.2) is 14.8 Å². The Kier molecular flexibility index (Phi) is 18.6. The summed E-state index contributed by atoms with van der Waals surface area (Å²) in [6, 6.07) is 18.1. The summed E-state index contributed by atoms with van der Waals surface area (Å²) in [6.07, 6.45) is 1.81. The third-order valence-corrected chi connectivity index (χ3v) is 16.6. The first-order chi connectivity index (χ1) is 31.4. The summed E-state index contributed by atoms with van der Waals surface area (Å²) in [6.45, 7) is 13.2. The lowest BCUT2D eigenvalue weighted by molar-refractivity contribution is 0.0701. The highest BCUT2D eigenvalue weighted by molar-refractivity contribution is 7.55. The fraction of sp³-hybridized carbons (Fsp3) is 0.409. The molecule has 4 aromatic heterocycles. The Labute approximate surface area is 390 Å². The van der Waals surface area contributed by atoms with Crippen LogP contribution in [-0.2, 0) is 40.3 Å². The van der Waals surface area contributed by atoms with E-state index >= 15 is 0 Å². The van der Waals surface area contributed by atoms with Crippen molar-refractivity contribution in [2.75, 3.05) is 56.6 Å². The average molecular weight is 986 g/mol. The second-order valence-corrected chi connectivity index (χ2v) is 21.5. The number of nitrogens with zero attached hydrogens (tertiary/aromatic N) is 4. The van der Waals surface area contributed by atoms with Gasteiger partial charge in [-0.3, -0.25) is 23.5 Å². The maximum absolute atomic E-state index is 12.5. The number of aromatic carboxylic acids is 1. The molecule has 7 rings (SSSR count). The second-order valence-electron chi connectivity index (χ2n) is 15.0. The predicted octanol–water partition coefficient (Wildman–Crippen LogP) is 8.93. The number of hydrogen-bond donors (Lipinski definition) is 4. The number of fused-ring (bicyclic) bond motifs is 2. The Morgan fingerprint density at radius 1 is 0.712 bits per heavy atom. The van der Waals surface area contributed by atoms with Gasteiger partial charge >= 0.3 is 21.2 Å². The van der Waals surface area contributed by atoms with E-state index in [4.69, 9.17) is 23.2 Å². The molecule has 0 atom stereocenters. The van der Waals surface area contributed by atoms with Gasteiger partial charge in [-0.2, -0.15) is 0 Å². The first-order valence-corrected chi connectivity index (χ1v) is 26.3. The molecule has 0 bridgehead atoms. The highest BCUT2D eigenvalue weighted by Crippen LogP contribution is 2.62. The molecule has 356 valence electrons. The van der Waals surface area contributed by atoms with Gasteiger partial charge in [0.25, 0.3) is 17.0 Å². The van der Waals surface area contributed by atoms with E-state index in [9.17, 15) is 28.3 Å². The fourth-order valence-electron chi connectivity index (χ4n) is 6.58. The van der Waals surface area contributed by atoms with E-state index in [1.807, 2.05) is 80.2 Å². The molecule has 66 heavy (non-hydrogen) atoms. The minimum Gasteiger partial charge on any atom is -0.477 e. The Balaban J connectivity index is 0.000000208. The van der Waals surface area contributed by atoms with Crippen molar-refractivity contribution in [2.45, 2.75) is 73.1 Å². The van der Waals surface area contributed by atoms with Crippen molar-refractivity contribution in [3.05, 3.63) is 114 Å². The summed E-state index contributed by atoms with van der Waals surface area (Å²) in [5, 5.41) is 14.5. The van der Waals surface area contributed by atoms with Crippen LogP contribution in [0.25, 0.3) is 21.8 Å². The molecule has 0 saturated heterocycles. The fourth-order valence-corrected chi connectivity index (χ4v) is 11.7. The van der Waals surface area contributed by atoms with Crippen LogP contribution < -0.4 is 26.2 Å². The molecule has 1 amide bonds. The van der Waals surface area contributed by atoms with E-state index < -0.39 is 21.2 Å². The van der Waals surface area contributed by atoms with Crippen molar-refractivity contribution in [1.82, 2.24) is 25.3 Å². The van der Waals surface area contributed by atoms with Crippen molar-refractivity contribution in [2.24, 2.45) is 0 Å². The summed E-state index contributed by atoms with van der Waals surface area (Å²) in [5.41, 5.74) is 3.12. The van der Waals surface area contributed by atoms with Crippen LogP contribution in [0.5, 0.6) is 0 Å². The molecular weight excluding hydrogens is 929 g/mol. The van der Waals surface area contributed by atoms with Crippen LogP contribution >= 0.6 is 37.9 Å². The normalized spacial score (nSPS) is 12.5. The Morgan fingerprint density at radius 3 is 1.56 bits per heavy atom. The number of aromatic nitrogens is 4. The molecular formula is C44H57N7O11P2S2. The molecule has 0 unspecified atom stereocenters. The summed E-state index contributed by atoms with van der Waals surface area (Å²) in [4.78, 5) is 66.5. The van der Waals surface area contributed by atoms with E-state index in [0.717, 1.165) is 34.0 Å². The number of benzene rings is 2. The van der Waals surface area contributed by atoms with Gasteiger partial charge in [0.15, 0.2) is 0 Å². The van der Waals surface area contributed by atoms with Crippen LogP contribution in [0.3, 0.4) is 0 Å². The summed E-state index contributed by atoms with van der Waals surface area (Å²) < 4.78 is 44.9. The molecule has 6 aromatic rings. The number of amides is 1. The van der Waals surface area contributed by atoms with Gasteiger partial charge in [0.05, 0.1) is 68.8 Å². The van der Waals surface area contributed by atoms with Crippen molar-refractivity contribution in [3.63, 3.8) is 0 Å². The zero-order valence-corrected chi connectivity index (χ0v) is 41.7. The summed E-state index contributed by atoms with van der Waals surface area (Å²) in [7, 11) is -2.23. The topological polar surface area (TPSA) is 235 Å². The van der Waals surface area contributed by atoms with Crippen LogP contribution in [0.2, 0.25) is 0 Å². The Hall–Kier alpha value is -5.04. The van der Waals surface area contributed by atoms with Gasteiger partial charge in [0.1, 0.15) is 22.8 Å². The number of carbonyl (C=O) groups is 2. The smallest absolute Gasteiger partial charge is 0.349 e. The van der Waals surface area contributed by atoms with Crippen LogP contribution in [-0.4, -0.2) is 89.4 Å². The first-order valence-electron chi connectivity index (χ1n) is 21.3. The quantitative estimate of drug-likeness (QED) is 0.0555. The highest BCUT2D eigenvalue weighted by Gasteiger charge is 2.43. The lowest BCUT2D eigenvalue weighted by Crippen LogP contribution is -2.25. The number of hydrogen-bond acceptors (Lipinski definition) is 16. The number of carbonyl (C=O) groups excluding carboxylic acids is 1. The lowest BCUT2D eigenvalue weighted by atomic mass is 10.1. The predicted molar refractivity (Wildman–Crippen MR) is 261 cm³/mol. The van der Waals surface area contributed by atoms with Gasteiger partial charge in [0.2, 0.25) is 0 Å². The van der Waals surface area contributed by atoms with E-state index in [2.05, 4.69) is 25.3 Å². The molecule has 4 heterocycles. The molecule has 2 aromatic carbocycles. The van der Waals surface area contributed by atoms with Crippen LogP contribution in [0.15, 0.2) is 70.3 Å². The van der Waals surface area contributed by atoms with Gasteiger partial charge in [-0.1, -0.05) is 12.1 Å². The van der Waals surface area contributed by atoms with E-state index in [0.29, 0.717) is 69.5 Å². The van der Waals surface area contributed by atoms with Crippen LogP contribution in [0.4, 0.5) is 10.0 Å². The van der Waals surface area contributed by atoms with Gasteiger partial charge in [-0.15, -0.1) is 22.7 Å². The lowest BCUT2D eigenvalue weighted by Gasteiger charge is -2.18. The molecule has 1 saturated carbocycles. The summed E-state index contributed by atoms with van der Waals surface area (Å²) >= 11 is 2.54. The molecule has 4 N–H and O–H groups in total. The van der Waals surface area contributed by atoms with Gasteiger partial charge in [-0.05, 0) is 114 Å². The monoisotopic (exact) mass is 985 g/mol. The molecule has 1 aliphatic rings.